The highest BCUT2D eigenvalue weighted by molar-refractivity contribution is 6.01. The van der Waals surface area contributed by atoms with Crippen LogP contribution in [0.15, 0.2) is 30.5 Å². The van der Waals surface area contributed by atoms with Crippen LogP contribution in [0.5, 0.6) is 5.75 Å². The second-order valence-corrected chi connectivity index (χ2v) is 9.41. The average Bonchev–Trinajstić information content (AvgIpc) is 3.32. The molecule has 2 saturated heterocycles. The standard InChI is InChI=1S/C25H33N3O4/c1-17-7-10-22(24(29)26-17)28-16-18-15-19(8-9-20(18)25(28)30)32-23-6-2-5-21(23)27-11-3-13-31-14-4-12-27/h8-9,15,21-23H,1-7,10-14,16H2,(H,26,29)/t21-,22?,23+/m1/s1. The fraction of sp³-hybridized carbons (Fsp3) is 0.600. The van der Waals surface area contributed by atoms with Gasteiger partial charge in [0, 0.05) is 50.2 Å². The Kier molecular flexibility index (Phi) is 6.20. The van der Waals surface area contributed by atoms with E-state index in [-0.39, 0.29) is 17.9 Å². The number of benzene rings is 1. The van der Waals surface area contributed by atoms with Gasteiger partial charge in [0.05, 0.1) is 0 Å². The highest BCUT2D eigenvalue weighted by atomic mass is 16.5. The number of hydrogen-bond donors (Lipinski definition) is 1. The summed E-state index contributed by atoms with van der Waals surface area (Å²) in [5, 5.41) is 2.79. The van der Waals surface area contributed by atoms with Crippen LogP contribution in [0.25, 0.3) is 0 Å². The summed E-state index contributed by atoms with van der Waals surface area (Å²) in [7, 11) is 0. The van der Waals surface area contributed by atoms with Crippen LogP contribution in [-0.4, -0.2) is 66.1 Å². The zero-order valence-corrected chi connectivity index (χ0v) is 18.7. The third-order valence-corrected chi connectivity index (χ3v) is 7.25. The van der Waals surface area contributed by atoms with Gasteiger partial charge in [0.1, 0.15) is 17.9 Å². The normalized spacial score (nSPS) is 29.4. The molecule has 1 N–H and O–H groups in total. The number of carbonyl (C=O) groups excluding carboxylic acids is 2. The molecule has 1 aliphatic carbocycles. The van der Waals surface area contributed by atoms with Crippen molar-refractivity contribution < 1.29 is 19.1 Å². The fourth-order valence-electron chi connectivity index (χ4n) is 5.63. The number of nitrogens with one attached hydrogen (secondary N) is 1. The molecule has 3 heterocycles. The van der Waals surface area contributed by atoms with E-state index in [2.05, 4.69) is 16.8 Å². The first-order valence-corrected chi connectivity index (χ1v) is 12.0. The molecule has 32 heavy (non-hydrogen) atoms. The van der Waals surface area contributed by atoms with Crippen LogP contribution in [0, 0.1) is 0 Å². The van der Waals surface area contributed by atoms with Crippen molar-refractivity contribution in [1.82, 2.24) is 15.1 Å². The number of rotatable bonds is 4. The number of ether oxygens (including phenoxy) is 2. The van der Waals surface area contributed by atoms with Crippen LogP contribution < -0.4 is 10.1 Å². The molecule has 1 unspecified atom stereocenters. The van der Waals surface area contributed by atoms with Crippen LogP contribution >= 0.6 is 0 Å². The fourth-order valence-corrected chi connectivity index (χ4v) is 5.63. The minimum absolute atomic E-state index is 0.0687. The van der Waals surface area contributed by atoms with Gasteiger partial charge in [0.25, 0.3) is 5.91 Å². The van der Waals surface area contributed by atoms with Gasteiger partial charge in [0.2, 0.25) is 5.91 Å². The summed E-state index contributed by atoms with van der Waals surface area (Å²) >= 11 is 0. The molecule has 2 amide bonds. The first-order chi connectivity index (χ1) is 15.6. The van der Waals surface area contributed by atoms with Gasteiger partial charge in [-0.1, -0.05) is 6.58 Å². The molecule has 0 spiro atoms. The Labute approximate surface area is 189 Å². The third-order valence-electron chi connectivity index (χ3n) is 7.25. The third kappa shape index (κ3) is 4.28. The van der Waals surface area contributed by atoms with Gasteiger partial charge in [0.15, 0.2) is 0 Å². The highest BCUT2D eigenvalue weighted by Gasteiger charge is 2.39. The Bertz CT molecular complexity index is 893. The number of allylic oxidation sites excluding steroid dienone is 1. The summed E-state index contributed by atoms with van der Waals surface area (Å²) in [6, 6.07) is 5.80. The van der Waals surface area contributed by atoms with E-state index in [4.69, 9.17) is 9.47 Å². The minimum Gasteiger partial charge on any atom is -0.489 e. The number of piperidine rings is 1. The Morgan fingerprint density at radius 3 is 2.66 bits per heavy atom. The van der Waals surface area contributed by atoms with Crippen molar-refractivity contribution in [1.29, 1.82) is 0 Å². The van der Waals surface area contributed by atoms with Crippen molar-refractivity contribution in [3.8, 4) is 5.75 Å². The van der Waals surface area contributed by atoms with Crippen molar-refractivity contribution in [2.24, 2.45) is 0 Å². The second-order valence-electron chi connectivity index (χ2n) is 9.41. The van der Waals surface area contributed by atoms with Crippen molar-refractivity contribution >= 4 is 11.8 Å². The van der Waals surface area contributed by atoms with Gasteiger partial charge in [-0.05, 0) is 68.7 Å². The highest BCUT2D eigenvalue weighted by Crippen LogP contribution is 2.33. The van der Waals surface area contributed by atoms with Gasteiger partial charge in [-0.25, -0.2) is 0 Å². The molecule has 3 atom stereocenters. The predicted octanol–water partition coefficient (Wildman–Crippen LogP) is 2.85. The largest absolute Gasteiger partial charge is 0.489 e. The lowest BCUT2D eigenvalue weighted by Gasteiger charge is -2.34. The maximum atomic E-state index is 13.0. The molecular weight excluding hydrogens is 406 g/mol. The molecular formula is C25H33N3O4. The van der Waals surface area contributed by atoms with E-state index >= 15 is 0 Å². The van der Waals surface area contributed by atoms with Gasteiger partial charge >= 0.3 is 0 Å². The first-order valence-electron chi connectivity index (χ1n) is 12.0. The zero-order valence-electron chi connectivity index (χ0n) is 18.7. The van der Waals surface area contributed by atoms with Crippen molar-refractivity contribution in [2.75, 3.05) is 26.3 Å². The summed E-state index contributed by atoms with van der Waals surface area (Å²) in [5.74, 6) is 0.624. The topological polar surface area (TPSA) is 71.1 Å². The van der Waals surface area contributed by atoms with E-state index in [1.54, 1.807) is 4.90 Å². The molecule has 7 heteroatoms. The van der Waals surface area contributed by atoms with Crippen molar-refractivity contribution in [2.45, 2.75) is 69.7 Å². The smallest absolute Gasteiger partial charge is 0.255 e. The Balaban J connectivity index is 1.27. The lowest BCUT2D eigenvalue weighted by Crippen LogP contribution is -2.49. The molecule has 1 aromatic rings. The summed E-state index contributed by atoms with van der Waals surface area (Å²) in [4.78, 5) is 29.7. The second kappa shape index (κ2) is 9.24. The van der Waals surface area contributed by atoms with Gasteiger partial charge in [-0.2, -0.15) is 0 Å². The molecule has 7 nitrogen and oxygen atoms in total. The van der Waals surface area contributed by atoms with Crippen molar-refractivity contribution in [3.05, 3.63) is 41.6 Å². The Morgan fingerprint density at radius 1 is 1.06 bits per heavy atom. The predicted molar refractivity (Wildman–Crippen MR) is 120 cm³/mol. The van der Waals surface area contributed by atoms with Gasteiger partial charge in [-0.3, -0.25) is 14.5 Å². The SMILES string of the molecule is C=C1CCC(N2Cc3cc(O[C@H]4CCC[C@H]4N4CCCOCCC4)ccc3C2=O)C(=O)N1. The van der Waals surface area contributed by atoms with Gasteiger partial charge < -0.3 is 19.7 Å². The molecule has 3 fully saturated rings. The molecule has 1 aromatic carbocycles. The summed E-state index contributed by atoms with van der Waals surface area (Å²) < 4.78 is 12.1. The van der Waals surface area contributed by atoms with Crippen LogP contribution in [0.4, 0.5) is 0 Å². The van der Waals surface area contributed by atoms with Crippen molar-refractivity contribution in [3.63, 3.8) is 0 Å². The average molecular weight is 440 g/mol. The number of fused-ring (bicyclic) bond motifs is 1. The molecule has 3 aliphatic heterocycles. The van der Waals surface area contributed by atoms with Crippen LogP contribution in [-0.2, 0) is 16.1 Å². The molecule has 1 saturated carbocycles. The molecule has 4 aliphatic rings. The van der Waals surface area contributed by atoms with Crippen LogP contribution in [0.3, 0.4) is 0 Å². The molecule has 0 aromatic heterocycles. The Hall–Kier alpha value is -2.38. The lowest BCUT2D eigenvalue weighted by atomic mass is 10.0. The van der Waals surface area contributed by atoms with E-state index in [0.717, 1.165) is 62.6 Å². The molecule has 5 rings (SSSR count). The zero-order chi connectivity index (χ0) is 22.1. The summed E-state index contributed by atoms with van der Waals surface area (Å²) in [6.07, 6.45) is 7.06. The quantitative estimate of drug-likeness (QED) is 0.781. The van der Waals surface area contributed by atoms with E-state index in [0.29, 0.717) is 31.0 Å². The molecule has 0 radical (unpaired) electrons. The van der Waals surface area contributed by atoms with E-state index in [1.807, 2.05) is 18.2 Å². The monoisotopic (exact) mass is 439 g/mol. The first kappa shape index (κ1) is 21.5. The number of carbonyl (C=O) groups is 2. The Morgan fingerprint density at radius 2 is 1.88 bits per heavy atom. The van der Waals surface area contributed by atoms with Gasteiger partial charge in [-0.15, -0.1) is 0 Å². The van der Waals surface area contributed by atoms with Crippen LogP contribution in [0.1, 0.15) is 60.9 Å². The summed E-state index contributed by atoms with van der Waals surface area (Å²) in [6.45, 7) is 8.10. The molecule has 0 bridgehead atoms. The lowest BCUT2D eigenvalue weighted by molar-refractivity contribution is -0.126. The number of amides is 2. The maximum Gasteiger partial charge on any atom is 0.255 e. The minimum atomic E-state index is -0.430. The maximum absolute atomic E-state index is 13.0. The van der Waals surface area contributed by atoms with E-state index in [9.17, 15) is 9.59 Å². The van der Waals surface area contributed by atoms with E-state index < -0.39 is 6.04 Å². The molecule has 172 valence electrons. The van der Waals surface area contributed by atoms with E-state index in [1.165, 1.54) is 12.8 Å². The number of hydrogen-bond acceptors (Lipinski definition) is 5. The summed E-state index contributed by atoms with van der Waals surface area (Å²) in [5.41, 5.74) is 2.36. The van der Waals surface area contributed by atoms with Crippen LogP contribution in [0.2, 0.25) is 0 Å². The number of nitrogens with zero attached hydrogens (tertiary/aromatic N) is 2.